The first-order valence-electron chi connectivity index (χ1n) is 16.7. The molecule has 332 valence electrons. The number of esters is 3. The second-order valence-electron chi connectivity index (χ2n) is 11.5. The van der Waals surface area contributed by atoms with Crippen LogP contribution in [0.2, 0.25) is 0 Å². The van der Waals surface area contributed by atoms with Crippen LogP contribution in [0, 0.1) is 21.4 Å². The predicted octanol–water partition coefficient (Wildman–Crippen LogP) is 2.72. The van der Waals surface area contributed by atoms with Crippen LogP contribution in [-0.4, -0.2) is 126 Å². The maximum absolute atomic E-state index is 13.1. The lowest BCUT2D eigenvalue weighted by Crippen LogP contribution is -2.39. The van der Waals surface area contributed by atoms with Gasteiger partial charge in [-0.3, -0.25) is 38.4 Å². The van der Waals surface area contributed by atoms with Crippen molar-refractivity contribution in [2.24, 2.45) is 0 Å². The number of benzene rings is 2. The van der Waals surface area contributed by atoms with E-state index in [1.165, 1.54) is 16.7 Å². The van der Waals surface area contributed by atoms with E-state index in [1.54, 1.807) is 0 Å². The molecule has 0 aliphatic rings. The van der Waals surface area contributed by atoms with Gasteiger partial charge in [-0.1, -0.05) is 0 Å². The minimum Gasteiger partial charge on any atom is -0.481 e. The molecule has 0 saturated heterocycles. The molecule has 0 aliphatic heterocycles. The first-order valence-corrected chi connectivity index (χ1v) is 23.2. The van der Waals surface area contributed by atoms with Crippen molar-refractivity contribution in [3.05, 3.63) is 32.5 Å². The molecule has 2 aromatic rings. The van der Waals surface area contributed by atoms with Crippen LogP contribution in [0.15, 0.2) is 0 Å². The summed E-state index contributed by atoms with van der Waals surface area (Å²) in [6.07, 6.45) is -0.139. The molecular weight excluding hydrogens is 1480 g/mol. The highest BCUT2D eigenvalue weighted by Crippen LogP contribution is 2.42. The van der Waals surface area contributed by atoms with Crippen LogP contribution in [0.4, 0.5) is 22.7 Å². The van der Waals surface area contributed by atoms with E-state index < -0.39 is 73.9 Å². The molecule has 0 saturated carbocycles. The first kappa shape index (κ1) is 56.4. The third-order valence-corrected chi connectivity index (χ3v) is 14.0. The monoisotopic (exact) mass is 1520 g/mol. The number of nitrogens with zero attached hydrogens (tertiary/aromatic N) is 2. The van der Waals surface area contributed by atoms with E-state index in [0.29, 0.717) is 49.6 Å². The van der Waals surface area contributed by atoms with Crippen LogP contribution in [0.5, 0.6) is 0 Å². The number of nitrogens with one attached hydrogen (secondary N) is 2. The molecule has 0 unspecified atom stereocenters. The number of carbonyl (C=O) groups is 8. The fraction of sp³-hybridized carbons (Fsp3) is 0.412. The van der Waals surface area contributed by atoms with Crippen molar-refractivity contribution in [2.45, 2.75) is 40.2 Å². The lowest BCUT2D eigenvalue weighted by atomic mass is 10.1. The second kappa shape index (κ2) is 28.3. The lowest BCUT2D eigenvalue weighted by Gasteiger charge is -2.28. The summed E-state index contributed by atoms with van der Waals surface area (Å²) in [7, 11) is 0. The predicted molar refractivity (Wildman–Crippen MR) is 264 cm³/mol. The van der Waals surface area contributed by atoms with Gasteiger partial charge in [0.15, 0.2) is 13.2 Å². The van der Waals surface area contributed by atoms with Crippen molar-refractivity contribution in [1.29, 1.82) is 0 Å². The quantitative estimate of drug-likeness (QED) is 0.0605. The number of amides is 4. The van der Waals surface area contributed by atoms with Gasteiger partial charge in [0.1, 0.15) is 19.8 Å². The molecule has 2 aromatic carbocycles. The Balaban J connectivity index is 0.000000650. The van der Waals surface area contributed by atoms with E-state index in [4.69, 9.17) is 19.3 Å². The molecule has 0 fully saturated rings. The molecule has 20 nitrogen and oxygen atoms in total. The highest BCUT2D eigenvalue weighted by Gasteiger charge is 2.30. The summed E-state index contributed by atoms with van der Waals surface area (Å²) in [6, 6.07) is 0. The fourth-order valence-electron chi connectivity index (χ4n) is 4.64. The third kappa shape index (κ3) is 17.2. The van der Waals surface area contributed by atoms with Crippen LogP contribution in [0.1, 0.15) is 38.3 Å². The van der Waals surface area contributed by atoms with Crippen molar-refractivity contribution in [3.63, 3.8) is 0 Å². The Bertz CT molecular complexity index is 1970. The summed E-state index contributed by atoms with van der Waals surface area (Å²) < 4.78 is 17.7. The number of halogens is 6. The minimum atomic E-state index is -1.04. The SMILES string of the molecule is CC(=O)OCCN(C(=O)COC(C)=O)c1c(I)c(CCC(=O)O)c(I)c(NC(=O)COC(C)=O)c1I.O=C(CO)Nc1c(I)c(CO)c(I)c(N(CCO)C(=O)CO)c1I. The van der Waals surface area contributed by atoms with Gasteiger partial charge >= 0.3 is 23.9 Å². The Labute approximate surface area is 424 Å². The smallest absolute Gasteiger partial charge is 0.303 e. The van der Waals surface area contributed by atoms with Gasteiger partial charge < -0.3 is 60.2 Å². The molecule has 0 aliphatic carbocycles. The summed E-state index contributed by atoms with van der Waals surface area (Å²) in [5, 5.41) is 51.4. The first-order chi connectivity index (χ1) is 28.1. The molecule has 26 heteroatoms. The molecule has 0 spiro atoms. The number of ether oxygens (including phenoxy) is 3. The number of aliphatic hydroxyl groups excluding tert-OH is 4. The van der Waals surface area contributed by atoms with Crippen molar-refractivity contribution >= 4 is 206 Å². The zero-order valence-corrected chi connectivity index (χ0v) is 44.6. The number of aliphatic carboxylic acids is 1. The molecule has 0 heterocycles. The maximum atomic E-state index is 13.1. The molecule has 0 atom stereocenters. The number of anilines is 4. The van der Waals surface area contributed by atoms with E-state index in [0.717, 1.165) is 13.8 Å². The second-order valence-corrected chi connectivity index (χ2v) is 17.9. The molecule has 0 bridgehead atoms. The number of hydrogen-bond acceptors (Lipinski definition) is 15. The topological polar surface area (TPSA) is 296 Å². The van der Waals surface area contributed by atoms with Gasteiger partial charge in [-0.05, 0) is 148 Å². The van der Waals surface area contributed by atoms with E-state index in [-0.39, 0.29) is 51.4 Å². The number of aliphatic hydroxyl groups is 4. The van der Waals surface area contributed by atoms with Crippen LogP contribution in [-0.2, 0) is 65.6 Å². The molecule has 4 amide bonds. The third-order valence-electron chi connectivity index (χ3n) is 7.22. The van der Waals surface area contributed by atoms with E-state index >= 15 is 0 Å². The van der Waals surface area contributed by atoms with Crippen molar-refractivity contribution in [2.75, 3.05) is 73.2 Å². The highest BCUT2D eigenvalue weighted by molar-refractivity contribution is 14.1. The summed E-state index contributed by atoms with van der Waals surface area (Å²) in [5.74, 6) is -5.45. The Hall–Kier alpha value is -1.58. The average Bonchev–Trinajstić information content (AvgIpc) is 3.18. The molecule has 2 rings (SSSR count). The Kier molecular flexibility index (Phi) is 26.6. The number of hydrogen-bond donors (Lipinski definition) is 7. The van der Waals surface area contributed by atoms with Gasteiger partial charge in [0.25, 0.3) is 17.7 Å². The highest BCUT2D eigenvalue weighted by atomic mass is 127. The van der Waals surface area contributed by atoms with Gasteiger partial charge in [-0.25, -0.2) is 0 Å². The summed E-state index contributed by atoms with van der Waals surface area (Å²) in [5.41, 5.74) is 2.36. The Morgan fingerprint density at radius 3 is 1.48 bits per heavy atom. The van der Waals surface area contributed by atoms with Crippen molar-refractivity contribution in [1.82, 2.24) is 0 Å². The van der Waals surface area contributed by atoms with Crippen LogP contribution < -0.4 is 20.4 Å². The number of carboxylic acid groups (broad SMARTS) is 1. The summed E-state index contributed by atoms with van der Waals surface area (Å²) >= 11 is 11.7. The Morgan fingerprint density at radius 1 is 0.567 bits per heavy atom. The molecule has 0 radical (unpaired) electrons. The zero-order valence-electron chi connectivity index (χ0n) is 31.7. The molecule has 0 aromatic heterocycles. The minimum absolute atomic E-state index is 0.0513. The van der Waals surface area contributed by atoms with Gasteiger partial charge in [0.05, 0.1) is 49.6 Å². The Morgan fingerprint density at radius 2 is 1.03 bits per heavy atom. The van der Waals surface area contributed by atoms with Gasteiger partial charge in [0.2, 0.25) is 5.91 Å². The summed E-state index contributed by atoms with van der Waals surface area (Å²) in [6.45, 7) is -0.0554. The maximum Gasteiger partial charge on any atom is 0.303 e. The van der Waals surface area contributed by atoms with E-state index in [9.17, 15) is 58.8 Å². The number of rotatable bonds is 19. The largest absolute Gasteiger partial charge is 0.481 e. The zero-order chi connectivity index (χ0) is 46.0. The van der Waals surface area contributed by atoms with Crippen molar-refractivity contribution in [3.8, 4) is 0 Å². The molecule has 7 N–H and O–H groups in total. The number of carbonyl (C=O) groups excluding carboxylic acids is 7. The number of carboxylic acids is 1. The van der Waals surface area contributed by atoms with Crippen LogP contribution >= 0.6 is 136 Å². The normalized spacial score (nSPS) is 10.4. The van der Waals surface area contributed by atoms with Crippen LogP contribution in [0.25, 0.3) is 0 Å². The summed E-state index contributed by atoms with van der Waals surface area (Å²) in [4.78, 5) is 96.5. The fourth-order valence-corrected chi connectivity index (χ4v) is 13.6. The van der Waals surface area contributed by atoms with Gasteiger partial charge in [-0.15, -0.1) is 0 Å². The van der Waals surface area contributed by atoms with Crippen molar-refractivity contribution < 1.29 is 78.1 Å². The standard InChI is InChI=1S/C21H23I3N2O10.C13H15I3N2O6/c1-10(27)34-7-6-26(15(31)9-36-12(3)29)21-18(23)13(4-5-16(32)33)17(22)20(19(21)24)25-14(30)8-35-11(2)28;14-9-6(3-20)10(15)13(18(1-2-19)8(24)5-22)11(16)12(9)17-7(23)4-21/h4-9H2,1-3H3,(H,25,30)(H,32,33);19-22H,1-5H2,(H,17,23). The van der Waals surface area contributed by atoms with E-state index in [1.807, 2.05) is 136 Å². The van der Waals surface area contributed by atoms with Crippen LogP contribution in [0.3, 0.4) is 0 Å². The van der Waals surface area contributed by atoms with Gasteiger partial charge in [-0.2, -0.15) is 0 Å². The van der Waals surface area contributed by atoms with Gasteiger partial charge in [0, 0.05) is 53.6 Å². The lowest BCUT2D eigenvalue weighted by molar-refractivity contribution is -0.145. The average molecular weight is 1520 g/mol. The van der Waals surface area contributed by atoms with E-state index in [2.05, 4.69) is 10.6 Å². The molecule has 60 heavy (non-hydrogen) atoms. The molecular formula is C34H38I6N4O16.